The molecule has 0 radical (unpaired) electrons. The number of ether oxygens (including phenoxy) is 1. The first-order chi connectivity index (χ1) is 16.6. The van der Waals surface area contributed by atoms with E-state index < -0.39 is 5.91 Å². The molecule has 3 aromatic heterocycles. The van der Waals surface area contributed by atoms with Crippen molar-refractivity contribution in [3.63, 3.8) is 0 Å². The fraction of sp³-hybridized carbons (Fsp3) is 0.250. The number of primary amides is 1. The standard InChI is InChI=1S/C24H24N6O4/c25-22(31)18-3-1-2-14-10-17(34-21(14)18)13-28-23(32)20-11-15(12-27-20)19-4-7-26-24(30-19)29-16-5-8-33-9-6-16/h1-4,7,10-12,16,27H,5-6,8-9,13H2,(H2,25,31)(H,28,32)(H,26,29,30). The molecule has 4 aromatic rings. The summed E-state index contributed by atoms with van der Waals surface area (Å²) >= 11 is 0. The van der Waals surface area contributed by atoms with Gasteiger partial charge in [-0.05, 0) is 37.1 Å². The maximum atomic E-state index is 12.7. The van der Waals surface area contributed by atoms with E-state index >= 15 is 0 Å². The van der Waals surface area contributed by atoms with Crippen LogP contribution < -0.4 is 16.4 Å². The Bertz CT molecular complexity index is 1340. The summed E-state index contributed by atoms with van der Waals surface area (Å²) in [5, 5.41) is 6.91. The highest BCUT2D eigenvalue weighted by atomic mass is 16.5. The fourth-order valence-corrected chi connectivity index (χ4v) is 3.95. The first-order valence-corrected chi connectivity index (χ1v) is 11.0. The van der Waals surface area contributed by atoms with Crippen LogP contribution in [-0.4, -0.2) is 46.0 Å². The van der Waals surface area contributed by atoms with Crippen LogP contribution in [0.5, 0.6) is 0 Å². The SMILES string of the molecule is NC(=O)c1cccc2cc(CNC(=O)c3cc(-c4ccnc(NC5CCOCC5)n4)c[nH]3)oc12. The van der Waals surface area contributed by atoms with E-state index in [0.29, 0.717) is 34.2 Å². The van der Waals surface area contributed by atoms with E-state index in [4.69, 9.17) is 14.9 Å². The summed E-state index contributed by atoms with van der Waals surface area (Å²) in [7, 11) is 0. The number of hydrogen-bond donors (Lipinski definition) is 4. The number of anilines is 1. The predicted octanol–water partition coefficient (Wildman–Crippen LogP) is 2.84. The van der Waals surface area contributed by atoms with Crippen molar-refractivity contribution in [3.8, 4) is 11.3 Å². The molecule has 0 spiro atoms. The molecule has 10 nitrogen and oxygen atoms in total. The number of fused-ring (bicyclic) bond motifs is 1. The maximum absolute atomic E-state index is 12.7. The fourth-order valence-electron chi connectivity index (χ4n) is 3.95. The van der Waals surface area contributed by atoms with Crippen LogP contribution in [0.25, 0.3) is 22.2 Å². The van der Waals surface area contributed by atoms with Crippen LogP contribution >= 0.6 is 0 Å². The number of furan rings is 1. The van der Waals surface area contributed by atoms with Crippen molar-refractivity contribution < 1.29 is 18.7 Å². The number of nitrogens with one attached hydrogen (secondary N) is 3. The zero-order valence-electron chi connectivity index (χ0n) is 18.3. The zero-order valence-corrected chi connectivity index (χ0v) is 18.3. The summed E-state index contributed by atoms with van der Waals surface area (Å²) < 4.78 is 11.1. The van der Waals surface area contributed by atoms with Gasteiger partial charge >= 0.3 is 0 Å². The number of carbonyl (C=O) groups excluding carboxylic acids is 2. The number of aromatic nitrogens is 3. The van der Waals surface area contributed by atoms with Gasteiger partial charge in [-0.25, -0.2) is 9.97 Å². The summed E-state index contributed by atoms with van der Waals surface area (Å²) in [4.78, 5) is 36.1. The first kappa shape index (κ1) is 21.7. The maximum Gasteiger partial charge on any atom is 0.268 e. The third kappa shape index (κ3) is 4.62. The monoisotopic (exact) mass is 460 g/mol. The predicted molar refractivity (Wildman–Crippen MR) is 125 cm³/mol. The zero-order chi connectivity index (χ0) is 23.5. The molecule has 5 N–H and O–H groups in total. The summed E-state index contributed by atoms with van der Waals surface area (Å²) in [6.07, 6.45) is 5.25. The number of benzene rings is 1. The lowest BCUT2D eigenvalue weighted by atomic mass is 10.1. The van der Waals surface area contributed by atoms with Gasteiger partial charge in [-0.1, -0.05) is 12.1 Å². The minimum Gasteiger partial charge on any atom is -0.458 e. The molecule has 0 aliphatic carbocycles. The number of aromatic amines is 1. The van der Waals surface area contributed by atoms with E-state index in [1.807, 2.05) is 6.07 Å². The number of nitrogens with two attached hydrogens (primary N) is 1. The molecule has 1 aliphatic rings. The van der Waals surface area contributed by atoms with E-state index in [9.17, 15) is 9.59 Å². The summed E-state index contributed by atoms with van der Waals surface area (Å²) in [6.45, 7) is 1.62. The third-order valence-corrected chi connectivity index (χ3v) is 5.72. The molecule has 0 saturated carbocycles. The van der Waals surface area contributed by atoms with Crippen LogP contribution in [0.15, 0.2) is 53.2 Å². The van der Waals surface area contributed by atoms with Crippen LogP contribution in [0.2, 0.25) is 0 Å². The van der Waals surface area contributed by atoms with Gasteiger partial charge in [0, 0.05) is 42.6 Å². The van der Waals surface area contributed by atoms with Crippen LogP contribution in [0.1, 0.15) is 39.4 Å². The van der Waals surface area contributed by atoms with Gasteiger partial charge in [0.2, 0.25) is 5.95 Å². The number of amides is 2. The number of hydrogen-bond acceptors (Lipinski definition) is 7. The minimum atomic E-state index is -0.565. The highest BCUT2D eigenvalue weighted by molar-refractivity contribution is 6.04. The molecule has 0 bridgehead atoms. The topological polar surface area (TPSA) is 148 Å². The molecule has 0 unspecified atom stereocenters. The Morgan fingerprint density at radius 1 is 1.18 bits per heavy atom. The molecule has 34 heavy (non-hydrogen) atoms. The van der Waals surface area contributed by atoms with Crippen molar-refractivity contribution in [2.75, 3.05) is 18.5 Å². The summed E-state index contributed by atoms with van der Waals surface area (Å²) in [6, 6.07) is 10.8. The van der Waals surface area contributed by atoms with Gasteiger partial charge in [-0.3, -0.25) is 9.59 Å². The summed E-state index contributed by atoms with van der Waals surface area (Å²) in [5.74, 6) is 0.210. The van der Waals surface area contributed by atoms with E-state index in [-0.39, 0.29) is 18.5 Å². The van der Waals surface area contributed by atoms with Gasteiger partial charge in [-0.2, -0.15) is 0 Å². The van der Waals surface area contributed by atoms with Crippen LogP contribution in [-0.2, 0) is 11.3 Å². The van der Waals surface area contributed by atoms with Gasteiger partial charge in [-0.15, -0.1) is 0 Å². The van der Waals surface area contributed by atoms with E-state index in [1.54, 1.807) is 42.7 Å². The lowest BCUT2D eigenvalue weighted by Crippen LogP contribution is -2.28. The number of rotatable bonds is 7. The second kappa shape index (κ2) is 9.36. The van der Waals surface area contributed by atoms with Crippen molar-refractivity contribution >= 4 is 28.7 Å². The van der Waals surface area contributed by atoms with Crippen LogP contribution in [0.4, 0.5) is 5.95 Å². The highest BCUT2D eigenvalue weighted by Gasteiger charge is 2.16. The number of carbonyl (C=O) groups is 2. The lowest BCUT2D eigenvalue weighted by molar-refractivity contribution is 0.0903. The van der Waals surface area contributed by atoms with E-state index in [2.05, 4.69) is 25.6 Å². The van der Waals surface area contributed by atoms with Crippen molar-refractivity contribution in [3.05, 3.63) is 65.8 Å². The molecule has 1 aromatic carbocycles. The van der Waals surface area contributed by atoms with Gasteiger partial charge in [0.05, 0.1) is 17.8 Å². The average molecular weight is 460 g/mol. The van der Waals surface area contributed by atoms with Gasteiger partial charge in [0.1, 0.15) is 17.0 Å². The number of para-hydroxylation sites is 1. The smallest absolute Gasteiger partial charge is 0.268 e. The number of nitrogens with zero attached hydrogens (tertiary/aromatic N) is 2. The van der Waals surface area contributed by atoms with Gasteiger partial charge in [0.25, 0.3) is 11.8 Å². The van der Waals surface area contributed by atoms with Crippen molar-refractivity contribution in [1.29, 1.82) is 0 Å². The molecule has 174 valence electrons. The van der Waals surface area contributed by atoms with Crippen molar-refractivity contribution in [1.82, 2.24) is 20.3 Å². The molecule has 2 amide bonds. The Morgan fingerprint density at radius 2 is 2.03 bits per heavy atom. The van der Waals surface area contributed by atoms with Crippen molar-refractivity contribution in [2.24, 2.45) is 5.73 Å². The van der Waals surface area contributed by atoms with Gasteiger partial charge in [0.15, 0.2) is 0 Å². The Balaban J connectivity index is 1.25. The Kier molecular flexibility index (Phi) is 5.96. The summed E-state index contributed by atoms with van der Waals surface area (Å²) in [5.41, 5.74) is 7.99. The second-order valence-corrected chi connectivity index (χ2v) is 8.08. The quantitative estimate of drug-likeness (QED) is 0.331. The van der Waals surface area contributed by atoms with E-state index in [0.717, 1.165) is 37.0 Å². The molecule has 0 atom stereocenters. The molecule has 4 heterocycles. The molecule has 1 saturated heterocycles. The largest absolute Gasteiger partial charge is 0.458 e. The molecule has 1 fully saturated rings. The van der Waals surface area contributed by atoms with Crippen molar-refractivity contribution in [2.45, 2.75) is 25.4 Å². The van der Waals surface area contributed by atoms with E-state index in [1.165, 1.54) is 0 Å². The lowest BCUT2D eigenvalue weighted by Gasteiger charge is -2.23. The Hall–Kier alpha value is -4.18. The molecule has 5 rings (SSSR count). The Morgan fingerprint density at radius 3 is 2.85 bits per heavy atom. The minimum absolute atomic E-state index is 0.159. The highest BCUT2D eigenvalue weighted by Crippen LogP contribution is 2.23. The van der Waals surface area contributed by atoms with Crippen LogP contribution in [0, 0.1) is 0 Å². The normalized spacial score (nSPS) is 14.2. The Labute approximate surface area is 194 Å². The first-order valence-electron chi connectivity index (χ1n) is 11.0. The number of H-pyrrole nitrogens is 1. The molecule has 10 heteroatoms. The third-order valence-electron chi connectivity index (χ3n) is 5.72. The average Bonchev–Trinajstić information content (AvgIpc) is 3.50. The molecule has 1 aliphatic heterocycles. The molecular formula is C24H24N6O4. The molecular weight excluding hydrogens is 436 g/mol. The van der Waals surface area contributed by atoms with Gasteiger partial charge < -0.3 is 30.5 Å². The van der Waals surface area contributed by atoms with Crippen LogP contribution in [0.3, 0.4) is 0 Å². The second-order valence-electron chi connectivity index (χ2n) is 8.08.